The van der Waals surface area contributed by atoms with Gasteiger partial charge in [0, 0.05) is 12.6 Å². The Labute approximate surface area is 164 Å². The molecule has 1 fully saturated rings. The van der Waals surface area contributed by atoms with Gasteiger partial charge in [0.15, 0.2) is 0 Å². The fraction of sp³-hybridized carbons (Fsp3) is 0.316. The number of fused-ring (bicyclic) bond motifs is 1. The molecule has 1 saturated heterocycles. The molecule has 0 spiro atoms. The molecule has 1 atom stereocenters. The third-order valence-corrected chi connectivity index (χ3v) is 5.78. The van der Waals surface area contributed by atoms with Crippen molar-refractivity contribution in [3.8, 4) is 5.75 Å². The number of halogens is 1. The van der Waals surface area contributed by atoms with E-state index in [4.69, 9.17) is 9.47 Å². The molecule has 0 aliphatic carbocycles. The number of esters is 1. The van der Waals surface area contributed by atoms with Gasteiger partial charge in [-0.15, -0.1) is 11.3 Å². The van der Waals surface area contributed by atoms with Crippen molar-refractivity contribution >= 4 is 39.0 Å². The second-order valence-corrected chi connectivity index (χ2v) is 7.45. The number of hydrogen-bond donors (Lipinski definition) is 2. The number of aromatic nitrogens is 2. The number of benzene rings is 1. The van der Waals surface area contributed by atoms with E-state index in [2.05, 4.69) is 20.6 Å². The molecule has 4 rings (SSSR count). The first-order chi connectivity index (χ1) is 13.6. The highest BCUT2D eigenvalue weighted by Gasteiger charge is 2.22. The van der Waals surface area contributed by atoms with E-state index in [0.29, 0.717) is 27.0 Å². The van der Waals surface area contributed by atoms with Crippen LogP contribution in [0, 0.1) is 12.7 Å². The van der Waals surface area contributed by atoms with Gasteiger partial charge < -0.3 is 20.1 Å². The third kappa shape index (κ3) is 3.50. The van der Waals surface area contributed by atoms with Crippen molar-refractivity contribution in [1.82, 2.24) is 15.3 Å². The summed E-state index contributed by atoms with van der Waals surface area (Å²) in [4.78, 5) is 21.7. The highest BCUT2D eigenvalue weighted by atomic mass is 32.1. The van der Waals surface area contributed by atoms with Crippen molar-refractivity contribution in [2.24, 2.45) is 0 Å². The van der Waals surface area contributed by atoms with Gasteiger partial charge in [-0.2, -0.15) is 0 Å². The number of aryl methyl sites for hydroxylation is 1. The standard InChI is InChI=1S/C19H19FN4O3S/c1-10-15-17(22-9-23-18(15)28-16(10)19(25)26-2)24-13-4-3-11(20)7-14(13)27-12-5-6-21-8-12/h3-4,7,9,12,21H,5-6,8H2,1-2H3,(H,22,23,24)/t12-/m1/s1. The summed E-state index contributed by atoms with van der Waals surface area (Å²) in [7, 11) is 1.34. The Morgan fingerprint density at radius 2 is 2.25 bits per heavy atom. The minimum atomic E-state index is -0.411. The number of thiophene rings is 1. The van der Waals surface area contributed by atoms with E-state index >= 15 is 0 Å². The Morgan fingerprint density at radius 3 is 3.00 bits per heavy atom. The molecule has 7 nitrogen and oxygen atoms in total. The molecule has 2 N–H and O–H groups in total. The van der Waals surface area contributed by atoms with Gasteiger partial charge in [-0.05, 0) is 37.6 Å². The molecule has 3 heterocycles. The maximum absolute atomic E-state index is 13.8. The predicted octanol–water partition coefficient (Wildman–Crippen LogP) is 3.41. The normalized spacial score (nSPS) is 16.3. The van der Waals surface area contributed by atoms with E-state index in [1.165, 1.54) is 36.9 Å². The molecule has 28 heavy (non-hydrogen) atoms. The quantitative estimate of drug-likeness (QED) is 0.633. The van der Waals surface area contributed by atoms with Crippen LogP contribution in [0.15, 0.2) is 24.5 Å². The number of carbonyl (C=O) groups is 1. The summed E-state index contributed by atoms with van der Waals surface area (Å²) < 4.78 is 24.6. The molecule has 2 aromatic heterocycles. The fourth-order valence-electron chi connectivity index (χ4n) is 3.19. The molecule has 9 heteroatoms. The Bertz CT molecular complexity index is 1030. The molecule has 1 aliphatic heterocycles. The minimum Gasteiger partial charge on any atom is -0.487 e. The Morgan fingerprint density at radius 1 is 1.39 bits per heavy atom. The van der Waals surface area contributed by atoms with Gasteiger partial charge in [-0.25, -0.2) is 19.2 Å². The molecule has 146 valence electrons. The first-order valence-electron chi connectivity index (χ1n) is 8.83. The molecule has 0 amide bonds. The van der Waals surface area contributed by atoms with Crippen LogP contribution < -0.4 is 15.4 Å². The molecule has 3 aromatic rings. The van der Waals surface area contributed by atoms with E-state index in [1.807, 2.05) is 6.92 Å². The van der Waals surface area contributed by atoms with Crippen molar-refractivity contribution < 1.29 is 18.7 Å². The summed E-state index contributed by atoms with van der Waals surface area (Å²) in [6, 6.07) is 4.34. The first-order valence-corrected chi connectivity index (χ1v) is 9.65. The Hall–Kier alpha value is -2.78. The van der Waals surface area contributed by atoms with Crippen molar-refractivity contribution in [2.75, 3.05) is 25.5 Å². The van der Waals surface area contributed by atoms with E-state index in [9.17, 15) is 9.18 Å². The van der Waals surface area contributed by atoms with Gasteiger partial charge in [0.05, 0.1) is 18.2 Å². The van der Waals surface area contributed by atoms with E-state index in [-0.39, 0.29) is 11.9 Å². The lowest BCUT2D eigenvalue weighted by Crippen LogP contribution is -2.20. The lowest BCUT2D eigenvalue weighted by molar-refractivity contribution is 0.0605. The fourth-order valence-corrected chi connectivity index (χ4v) is 4.25. The average Bonchev–Trinajstić information content (AvgIpc) is 3.32. The van der Waals surface area contributed by atoms with Gasteiger partial charge in [0.25, 0.3) is 0 Å². The molecule has 1 aromatic carbocycles. The average molecular weight is 402 g/mol. The molecule has 0 unspecified atom stereocenters. The maximum Gasteiger partial charge on any atom is 0.348 e. The SMILES string of the molecule is COC(=O)c1sc2ncnc(Nc3ccc(F)cc3O[C@@H]3CCNC3)c2c1C. The van der Waals surface area contributed by atoms with Crippen LogP contribution in [0.1, 0.15) is 21.7 Å². The topological polar surface area (TPSA) is 85.4 Å². The number of methoxy groups -OCH3 is 1. The number of carbonyl (C=O) groups excluding carboxylic acids is 1. The van der Waals surface area contributed by atoms with Crippen LogP contribution in [0.4, 0.5) is 15.9 Å². The van der Waals surface area contributed by atoms with Crippen LogP contribution in [0.5, 0.6) is 5.75 Å². The lowest BCUT2D eigenvalue weighted by Gasteiger charge is -2.17. The maximum atomic E-state index is 13.8. The van der Waals surface area contributed by atoms with Gasteiger partial charge in [0.2, 0.25) is 0 Å². The zero-order valence-corrected chi connectivity index (χ0v) is 16.2. The smallest absolute Gasteiger partial charge is 0.348 e. The van der Waals surface area contributed by atoms with Crippen LogP contribution in [0.3, 0.4) is 0 Å². The number of rotatable bonds is 5. The van der Waals surface area contributed by atoms with Crippen LogP contribution in [-0.4, -0.2) is 42.2 Å². The third-order valence-electron chi connectivity index (χ3n) is 4.60. The van der Waals surface area contributed by atoms with Gasteiger partial charge in [-0.3, -0.25) is 0 Å². The molecular formula is C19H19FN4O3S. The van der Waals surface area contributed by atoms with Crippen molar-refractivity contribution in [3.63, 3.8) is 0 Å². The monoisotopic (exact) mass is 402 g/mol. The summed E-state index contributed by atoms with van der Waals surface area (Å²) in [6.07, 6.45) is 2.27. The van der Waals surface area contributed by atoms with Crippen LogP contribution in [-0.2, 0) is 4.74 Å². The van der Waals surface area contributed by atoms with Gasteiger partial charge in [0.1, 0.15) is 39.5 Å². The van der Waals surface area contributed by atoms with Crippen molar-refractivity contribution in [1.29, 1.82) is 0 Å². The Balaban J connectivity index is 1.72. The second kappa shape index (κ2) is 7.69. The number of nitrogens with one attached hydrogen (secondary N) is 2. The van der Waals surface area contributed by atoms with E-state index in [1.54, 1.807) is 6.07 Å². The largest absolute Gasteiger partial charge is 0.487 e. The second-order valence-electron chi connectivity index (χ2n) is 6.45. The number of nitrogens with zero attached hydrogens (tertiary/aromatic N) is 2. The summed E-state index contributed by atoms with van der Waals surface area (Å²) in [5, 5.41) is 7.17. The highest BCUT2D eigenvalue weighted by Crippen LogP contribution is 2.37. The van der Waals surface area contributed by atoms with Crippen molar-refractivity contribution in [2.45, 2.75) is 19.4 Å². The summed E-state index contributed by atoms with van der Waals surface area (Å²) in [6.45, 7) is 3.42. The summed E-state index contributed by atoms with van der Waals surface area (Å²) in [5.41, 5.74) is 1.33. The lowest BCUT2D eigenvalue weighted by atomic mass is 10.2. The van der Waals surface area contributed by atoms with E-state index in [0.717, 1.165) is 30.5 Å². The number of hydrogen-bond acceptors (Lipinski definition) is 8. The summed E-state index contributed by atoms with van der Waals surface area (Å²) >= 11 is 1.25. The van der Waals surface area contributed by atoms with Gasteiger partial charge >= 0.3 is 5.97 Å². The number of ether oxygens (including phenoxy) is 2. The minimum absolute atomic E-state index is 0.0124. The summed E-state index contributed by atoms with van der Waals surface area (Å²) in [5.74, 6) is 0.154. The molecule has 0 radical (unpaired) electrons. The zero-order chi connectivity index (χ0) is 19.7. The molecule has 1 aliphatic rings. The van der Waals surface area contributed by atoms with Crippen molar-refractivity contribution in [3.05, 3.63) is 40.8 Å². The number of anilines is 2. The highest BCUT2D eigenvalue weighted by molar-refractivity contribution is 7.20. The first kappa shape index (κ1) is 18.6. The predicted molar refractivity (Wildman–Crippen MR) is 105 cm³/mol. The van der Waals surface area contributed by atoms with Crippen LogP contribution >= 0.6 is 11.3 Å². The van der Waals surface area contributed by atoms with Crippen LogP contribution in [0.2, 0.25) is 0 Å². The van der Waals surface area contributed by atoms with Gasteiger partial charge in [-0.1, -0.05) is 0 Å². The van der Waals surface area contributed by atoms with E-state index < -0.39 is 5.97 Å². The Kier molecular flexibility index (Phi) is 5.10. The molecule has 0 saturated carbocycles. The zero-order valence-electron chi connectivity index (χ0n) is 15.4. The van der Waals surface area contributed by atoms with Crippen LogP contribution in [0.25, 0.3) is 10.2 Å². The molecular weight excluding hydrogens is 383 g/mol. The molecule has 0 bridgehead atoms.